The fraction of sp³-hybridized carbons (Fsp3) is 0.294. The lowest BCUT2D eigenvalue weighted by Gasteiger charge is -2.16. The third kappa shape index (κ3) is 2.80. The van der Waals surface area contributed by atoms with E-state index < -0.39 is 0 Å². The van der Waals surface area contributed by atoms with Gasteiger partial charge in [-0.2, -0.15) is 0 Å². The Bertz CT molecular complexity index is 550. The average molecular weight is 380 g/mol. The molecule has 2 aromatic carbocycles. The van der Waals surface area contributed by atoms with E-state index in [2.05, 4.69) is 86.5 Å². The first-order valence-electron chi connectivity index (χ1n) is 6.66. The zero-order valence-electron chi connectivity index (χ0n) is 10.6. The van der Waals surface area contributed by atoms with Gasteiger partial charge >= 0.3 is 0 Å². The number of hydrogen-bond donors (Lipinski definition) is 0. The second-order valence-corrected chi connectivity index (χ2v) is 6.70. The van der Waals surface area contributed by atoms with Gasteiger partial charge in [0.2, 0.25) is 0 Å². The van der Waals surface area contributed by atoms with Crippen molar-refractivity contribution >= 4 is 31.9 Å². The molecule has 0 N–H and O–H groups in total. The predicted molar refractivity (Wildman–Crippen MR) is 88.0 cm³/mol. The Labute approximate surface area is 131 Å². The van der Waals surface area contributed by atoms with Gasteiger partial charge in [-0.15, -0.1) is 0 Å². The summed E-state index contributed by atoms with van der Waals surface area (Å²) < 4.78 is 1.23. The van der Waals surface area contributed by atoms with Crippen LogP contribution < -0.4 is 0 Å². The normalized spacial score (nSPS) is 23.1. The quantitative estimate of drug-likeness (QED) is 0.595. The molecule has 98 valence electrons. The Morgan fingerprint density at radius 3 is 2.37 bits per heavy atom. The largest absolute Gasteiger partial charge is 0.0921 e. The average Bonchev–Trinajstić information content (AvgIpc) is 3.23. The number of alkyl halides is 1. The van der Waals surface area contributed by atoms with Gasteiger partial charge < -0.3 is 0 Å². The summed E-state index contributed by atoms with van der Waals surface area (Å²) in [5.74, 6) is 2.09. The highest BCUT2D eigenvalue weighted by Gasteiger charge is 2.44. The van der Waals surface area contributed by atoms with E-state index in [1.807, 2.05) is 0 Å². The molecule has 0 nitrogen and oxygen atoms in total. The lowest BCUT2D eigenvalue weighted by Crippen LogP contribution is -2.05. The minimum atomic E-state index is 0.598. The zero-order chi connectivity index (χ0) is 13.2. The molecule has 2 heteroatoms. The van der Waals surface area contributed by atoms with Crippen LogP contribution in [0.4, 0.5) is 0 Å². The van der Waals surface area contributed by atoms with Gasteiger partial charge in [-0.1, -0.05) is 80.4 Å². The Kier molecular flexibility index (Phi) is 4.09. The maximum atomic E-state index is 3.71. The van der Waals surface area contributed by atoms with Gasteiger partial charge in [0, 0.05) is 9.80 Å². The summed E-state index contributed by atoms with van der Waals surface area (Å²) in [5.41, 5.74) is 2.92. The van der Waals surface area contributed by atoms with Gasteiger partial charge in [0.15, 0.2) is 0 Å². The van der Waals surface area contributed by atoms with Crippen molar-refractivity contribution in [3.05, 3.63) is 70.2 Å². The van der Waals surface area contributed by atoms with E-state index in [4.69, 9.17) is 0 Å². The molecule has 1 aliphatic rings. The fourth-order valence-corrected chi connectivity index (χ4v) is 4.35. The molecule has 0 saturated heterocycles. The van der Waals surface area contributed by atoms with E-state index in [9.17, 15) is 0 Å². The second-order valence-electron chi connectivity index (χ2n) is 5.20. The van der Waals surface area contributed by atoms with Gasteiger partial charge in [0.1, 0.15) is 0 Å². The van der Waals surface area contributed by atoms with Crippen LogP contribution in [0.1, 0.15) is 29.4 Å². The fourth-order valence-electron chi connectivity index (χ4n) is 2.95. The van der Waals surface area contributed by atoms with Crippen LogP contribution in [0.15, 0.2) is 59.1 Å². The maximum Gasteiger partial charge on any atom is 0.0210 e. The van der Waals surface area contributed by atoms with E-state index in [0.29, 0.717) is 5.92 Å². The molecule has 1 fully saturated rings. The molecule has 0 aromatic heterocycles. The van der Waals surface area contributed by atoms with Gasteiger partial charge in [0.05, 0.1) is 0 Å². The first kappa shape index (κ1) is 13.4. The Morgan fingerprint density at radius 1 is 1.00 bits per heavy atom. The molecule has 3 atom stereocenters. The molecule has 3 unspecified atom stereocenters. The molecule has 19 heavy (non-hydrogen) atoms. The highest BCUT2D eigenvalue weighted by molar-refractivity contribution is 9.10. The van der Waals surface area contributed by atoms with Crippen molar-refractivity contribution < 1.29 is 0 Å². The summed E-state index contributed by atoms with van der Waals surface area (Å²) in [6, 6.07) is 19.5. The van der Waals surface area contributed by atoms with Gasteiger partial charge in [-0.3, -0.25) is 0 Å². The van der Waals surface area contributed by atoms with Crippen molar-refractivity contribution in [1.29, 1.82) is 0 Å². The summed E-state index contributed by atoms with van der Waals surface area (Å²) in [5, 5.41) is 1.03. The highest BCUT2D eigenvalue weighted by Crippen LogP contribution is 2.56. The van der Waals surface area contributed by atoms with E-state index in [1.165, 1.54) is 22.0 Å². The zero-order valence-corrected chi connectivity index (χ0v) is 13.8. The van der Waals surface area contributed by atoms with Crippen molar-refractivity contribution in [2.75, 3.05) is 5.33 Å². The van der Waals surface area contributed by atoms with Crippen LogP contribution in [-0.4, -0.2) is 5.33 Å². The topological polar surface area (TPSA) is 0 Å². The molecule has 0 spiro atoms. The van der Waals surface area contributed by atoms with Crippen molar-refractivity contribution in [1.82, 2.24) is 0 Å². The molecular weight excluding hydrogens is 364 g/mol. The van der Waals surface area contributed by atoms with Gasteiger partial charge in [0.25, 0.3) is 0 Å². The summed E-state index contributed by atoms with van der Waals surface area (Å²) >= 11 is 7.40. The molecule has 1 aliphatic carbocycles. The molecule has 0 radical (unpaired) electrons. The molecule has 0 amide bonds. The smallest absolute Gasteiger partial charge is 0.0210 e. The summed E-state index contributed by atoms with van der Waals surface area (Å²) in [6.07, 6.45) is 1.31. The van der Waals surface area contributed by atoms with Crippen LogP contribution in [0.25, 0.3) is 0 Å². The predicted octanol–water partition coefficient (Wildman–Crippen LogP) is 5.73. The van der Waals surface area contributed by atoms with Crippen LogP contribution in [-0.2, 0) is 0 Å². The molecule has 2 aromatic rings. The van der Waals surface area contributed by atoms with Crippen LogP contribution >= 0.6 is 31.9 Å². The number of benzene rings is 2. The molecule has 0 aliphatic heterocycles. The minimum Gasteiger partial charge on any atom is -0.0921 e. The van der Waals surface area contributed by atoms with E-state index in [-0.39, 0.29) is 0 Å². The Hall–Kier alpha value is -0.600. The maximum absolute atomic E-state index is 3.71. The lowest BCUT2D eigenvalue weighted by molar-refractivity contribution is 0.654. The van der Waals surface area contributed by atoms with Crippen molar-refractivity contribution in [3.8, 4) is 0 Å². The summed E-state index contributed by atoms with van der Waals surface area (Å²) in [6.45, 7) is 0. The summed E-state index contributed by atoms with van der Waals surface area (Å²) in [7, 11) is 0. The first-order valence-corrected chi connectivity index (χ1v) is 8.58. The molecule has 1 saturated carbocycles. The molecular formula is C17H16Br2. The monoisotopic (exact) mass is 378 g/mol. The second kappa shape index (κ2) is 5.80. The van der Waals surface area contributed by atoms with Crippen LogP contribution in [0.3, 0.4) is 0 Å². The van der Waals surface area contributed by atoms with Crippen molar-refractivity contribution in [3.63, 3.8) is 0 Å². The summed E-state index contributed by atoms with van der Waals surface area (Å²) in [4.78, 5) is 0. The van der Waals surface area contributed by atoms with E-state index in [0.717, 1.165) is 17.2 Å². The van der Waals surface area contributed by atoms with Crippen LogP contribution in [0.5, 0.6) is 0 Å². The number of hydrogen-bond acceptors (Lipinski definition) is 0. The highest BCUT2D eigenvalue weighted by atomic mass is 79.9. The van der Waals surface area contributed by atoms with Crippen LogP contribution in [0, 0.1) is 5.92 Å². The van der Waals surface area contributed by atoms with E-state index >= 15 is 0 Å². The minimum absolute atomic E-state index is 0.598. The van der Waals surface area contributed by atoms with Gasteiger partial charge in [-0.05, 0) is 41.4 Å². The SMILES string of the molecule is BrCC(c1ccccc1Br)C1CC1c1ccccc1. The van der Waals surface area contributed by atoms with Crippen molar-refractivity contribution in [2.45, 2.75) is 18.3 Å². The number of halogens is 2. The van der Waals surface area contributed by atoms with E-state index in [1.54, 1.807) is 0 Å². The standard InChI is InChI=1S/C17H16Br2/c18-11-16(13-8-4-5-9-17(13)19)15-10-14(15)12-6-2-1-3-7-12/h1-9,14-16H,10-11H2. The number of rotatable bonds is 4. The Balaban J connectivity index is 1.81. The Morgan fingerprint density at radius 2 is 1.68 bits per heavy atom. The van der Waals surface area contributed by atoms with Gasteiger partial charge in [-0.25, -0.2) is 0 Å². The van der Waals surface area contributed by atoms with Crippen LogP contribution in [0.2, 0.25) is 0 Å². The third-order valence-electron chi connectivity index (χ3n) is 4.06. The first-order chi connectivity index (χ1) is 9.31. The third-order valence-corrected chi connectivity index (χ3v) is 5.48. The molecule has 3 rings (SSSR count). The lowest BCUT2D eigenvalue weighted by atomic mass is 9.93. The molecule has 0 bridgehead atoms. The van der Waals surface area contributed by atoms with Crippen molar-refractivity contribution in [2.24, 2.45) is 5.92 Å². The molecule has 0 heterocycles.